The summed E-state index contributed by atoms with van der Waals surface area (Å²) < 4.78 is 10.4. The van der Waals surface area contributed by atoms with E-state index in [2.05, 4.69) is 0 Å². The van der Waals surface area contributed by atoms with Crippen LogP contribution in [0.4, 0.5) is 0 Å². The van der Waals surface area contributed by atoms with Gasteiger partial charge >= 0.3 is 11.9 Å². The van der Waals surface area contributed by atoms with Crippen molar-refractivity contribution >= 4 is 11.9 Å². The van der Waals surface area contributed by atoms with Gasteiger partial charge in [0.15, 0.2) is 11.5 Å². The van der Waals surface area contributed by atoms with Crippen LogP contribution in [0.5, 0.6) is 11.5 Å². The number of carbonyl (C=O) groups is 2. The summed E-state index contributed by atoms with van der Waals surface area (Å²) in [5.74, 6) is -2.15. The van der Waals surface area contributed by atoms with Gasteiger partial charge in [-0.1, -0.05) is 31.2 Å². The molecule has 0 aliphatic heterocycles. The normalized spacial score (nSPS) is 23.1. The number of carboxylic acids is 2. The van der Waals surface area contributed by atoms with Crippen LogP contribution in [-0.2, 0) is 15.0 Å². The Labute approximate surface area is 133 Å². The first kappa shape index (κ1) is 16.6. The van der Waals surface area contributed by atoms with Crippen LogP contribution in [0.1, 0.15) is 12.5 Å². The molecule has 1 aliphatic carbocycles. The van der Waals surface area contributed by atoms with Gasteiger partial charge in [0.05, 0.1) is 14.2 Å². The van der Waals surface area contributed by atoms with Gasteiger partial charge in [-0.05, 0) is 17.7 Å². The third-order valence-electron chi connectivity index (χ3n) is 4.25. The maximum Gasteiger partial charge on any atom is 0.331 e. The second kappa shape index (κ2) is 6.16. The Morgan fingerprint density at radius 3 is 2.30 bits per heavy atom. The summed E-state index contributed by atoms with van der Waals surface area (Å²) in [6.45, 7) is 1.59. The Balaban J connectivity index is 2.64. The van der Waals surface area contributed by atoms with Gasteiger partial charge in [-0.2, -0.15) is 0 Å². The van der Waals surface area contributed by atoms with Gasteiger partial charge in [0.25, 0.3) is 0 Å². The number of allylic oxidation sites excluding steroid dienone is 2. The zero-order valence-electron chi connectivity index (χ0n) is 13.1. The predicted molar refractivity (Wildman–Crippen MR) is 82.9 cm³/mol. The van der Waals surface area contributed by atoms with Gasteiger partial charge in [0.1, 0.15) is 5.41 Å². The summed E-state index contributed by atoms with van der Waals surface area (Å²) in [7, 11) is 2.94. The molecule has 2 unspecified atom stereocenters. The fourth-order valence-corrected chi connectivity index (χ4v) is 2.91. The van der Waals surface area contributed by atoms with Crippen LogP contribution in [0, 0.1) is 5.92 Å². The van der Waals surface area contributed by atoms with Crippen molar-refractivity contribution in [2.24, 2.45) is 5.92 Å². The van der Waals surface area contributed by atoms with Crippen molar-refractivity contribution in [1.82, 2.24) is 0 Å². The van der Waals surface area contributed by atoms with Gasteiger partial charge < -0.3 is 19.7 Å². The monoisotopic (exact) mass is 318 g/mol. The van der Waals surface area contributed by atoms with E-state index < -0.39 is 23.3 Å². The quantitative estimate of drug-likeness (QED) is 0.865. The lowest BCUT2D eigenvalue weighted by Crippen LogP contribution is -2.43. The molecule has 6 heteroatoms. The van der Waals surface area contributed by atoms with Crippen LogP contribution >= 0.6 is 0 Å². The van der Waals surface area contributed by atoms with Gasteiger partial charge in [-0.15, -0.1) is 0 Å². The molecule has 1 aliphatic rings. The number of methoxy groups -OCH3 is 2. The van der Waals surface area contributed by atoms with E-state index in [1.807, 2.05) is 0 Å². The molecule has 0 saturated heterocycles. The highest BCUT2D eigenvalue weighted by Crippen LogP contribution is 2.43. The fourth-order valence-electron chi connectivity index (χ4n) is 2.91. The second-order valence-electron chi connectivity index (χ2n) is 5.25. The first-order valence-electron chi connectivity index (χ1n) is 6.97. The zero-order chi connectivity index (χ0) is 17.2. The molecule has 122 valence electrons. The molecular formula is C17H18O6. The van der Waals surface area contributed by atoms with Crippen LogP contribution in [0.25, 0.3) is 0 Å². The van der Waals surface area contributed by atoms with Crippen molar-refractivity contribution in [2.45, 2.75) is 12.3 Å². The zero-order valence-corrected chi connectivity index (χ0v) is 13.1. The largest absolute Gasteiger partial charge is 0.493 e. The first-order chi connectivity index (χ1) is 10.9. The Bertz CT molecular complexity index is 703. The smallest absolute Gasteiger partial charge is 0.331 e. The molecular weight excluding hydrogens is 300 g/mol. The van der Waals surface area contributed by atoms with Crippen LogP contribution in [0.15, 0.2) is 42.0 Å². The van der Waals surface area contributed by atoms with E-state index in [0.29, 0.717) is 17.1 Å². The van der Waals surface area contributed by atoms with E-state index in [9.17, 15) is 19.8 Å². The van der Waals surface area contributed by atoms with Crippen LogP contribution in [0.2, 0.25) is 0 Å². The Morgan fingerprint density at radius 2 is 1.78 bits per heavy atom. The molecule has 0 spiro atoms. The predicted octanol–water partition coefficient (Wildman–Crippen LogP) is 2.24. The fraction of sp³-hybridized carbons (Fsp3) is 0.294. The third-order valence-corrected chi connectivity index (χ3v) is 4.25. The van der Waals surface area contributed by atoms with Gasteiger partial charge in [0, 0.05) is 11.5 Å². The maximum absolute atomic E-state index is 12.1. The van der Waals surface area contributed by atoms with Crippen molar-refractivity contribution < 1.29 is 29.3 Å². The number of aliphatic carboxylic acids is 2. The highest BCUT2D eigenvalue weighted by Gasteiger charge is 2.47. The summed E-state index contributed by atoms with van der Waals surface area (Å²) in [5, 5.41) is 19.2. The molecule has 0 amide bonds. The summed E-state index contributed by atoms with van der Waals surface area (Å²) in [6, 6.07) is 4.79. The topological polar surface area (TPSA) is 93.1 Å². The van der Waals surface area contributed by atoms with Crippen molar-refractivity contribution in [2.75, 3.05) is 14.2 Å². The number of hydrogen-bond donors (Lipinski definition) is 2. The average molecular weight is 318 g/mol. The molecule has 2 atom stereocenters. The van der Waals surface area contributed by atoms with E-state index in [-0.39, 0.29) is 5.57 Å². The minimum atomic E-state index is -1.48. The Hall–Kier alpha value is -2.76. The number of benzene rings is 1. The number of rotatable bonds is 5. The molecule has 0 radical (unpaired) electrons. The van der Waals surface area contributed by atoms with E-state index in [1.54, 1.807) is 25.1 Å². The lowest BCUT2D eigenvalue weighted by molar-refractivity contribution is -0.143. The van der Waals surface area contributed by atoms with Gasteiger partial charge in [0.2, 0.25) is 0 Å². The van der Waals surface area contributed by atoms with Gasteiger partial charge in [-0.3, -0.25) is 4.79 Å². The average Bonchev–Trinajstić information content (AvgIpc) is 2.53. The minimum Gasteiger partial charge on any atom is -0.493 e. The summed E-state index contributed by atoms with van der Waals surface area (Å²) in [6.07, 6.45) is 4.40. The van der Waals surface area contributed by atoms with Crippen LogP contribution in [0.3, 0.4) is 0 Å². The second-order valence-corrected chi connectivity index (χ2v) is 5.25. The lowest BCUT2D eigenvalue weighted by atomic mass is 9.66. The summed E-state index contributed by atoms with van der Waals surface area (Å²) >= 11 is 0. The molecule has 0 aromatic heterocycles. The molecule has 23 heavy (non-hydrogen) atoms. The number of ether oxygens (including phenoxy) is 2. The molecule has 0 bridgehead atoms. The molecule has 0 heterocycles. The first-order valence-corrected chi connectivity index (χ1v) is 6.97. The molecule has 2 N–H and O–H groups in total. The summed E-state index contributed by atoms with van der Waals surface area (Å²) in [5.41, 5.74) is -1.01. The standard InChI is InChI=1S/C17H18O6/c1-10-12(15(18)19)5-4-8-17(10,16(20)21)11-6-7-13(22-2)14(9-11)23-3/h4-10H,1-3H3,(H,18,19)(H,20,21). The molecule has 1 aromatic rings. The minimum absolute atomic E-state index is 0.0460. The van der Waals surface area contributed by atoms with Crippen molar-refractivity contribution in [3.63, 3.8) is 0 Å². The Morgan fingerprint density at radius 1 is 1.13 bits per heavy atom. The summed E-state index contributed by atoms with van der Waals surface area (Å²) in [4.78, 5) is 23.5. The number of hydrogen-bond acceptors (Lipinski definition) is 4. The highest BCUT2D eigenvalue weighted by molar-refractivity contribution is 5.94. The Kier molecular flexibility index (Phi) is 4.45. The van der Waals surface area contributed by atoms with E-state index >= 15 is 0 Å². The number of carboxylic acid groups (broad SMARTS) is 2. The molecule has 0 fully saturated rings. The SMILES string of the molecule is COc1ccc(C2(C(=O)O)C=CC=C(C(=O)O)C2C)cc1OC. The van der Waals surface area contributed by atoms with E-state index in [1.165, 1.54) is 32.4 Å². The van der Waals surface area contributed by atoms with Crippen LogP contribution < -0.4 is 9.47 Å². The van der Waals surface area contributed by atoms with Gasteiger partial charge in [-0.25, -0.2) is 4.79 Å². The maximum atomic E-state index is 12.1. The van der Waals surface area contributed by atoms with Crippen LogP contribution in [-0.4, -0.2) is 36.4 Å². The molecule has 0 saturated carbocycles. The molecule has 1 aromatic carbocycles. The third kappa shape index (κ3) is 2.56. The van der Waals surface area contributed by atoms with E-state index in [0.717, 1.165) is 0 Å². The van der Waals surface area contributed by atoms with Crippen molar-refractivity contribution in [3.8, 4) is 11.5 Å². The molecule has 6 nitrogen and oxygen atoms in total. The van der Waals surface area contributed by atoms with Crippen molar-refractivity contribution in [3.05, 3.63) is 47.6 Å². The highest BCUT2D eigenvalue weighted by atomic mass is 16.5. The molecule has 2 rings (SSSR count). The lowest BCUT2D eigenvalue weighted by Gasteiger charge is -2.35. The van der Waals surface area contributed by atoms with E-state index in [4.69, 9.17) is 9.47 Å². The van der Waals surface area contributed by atoms with Crippen molar-refractivity contribution in [1.29, 1.82) is 0 Å².